The minimum atomic E-state index is -0.237. The lowest BCUT2D eigenvalue weighted by molar-refractivity contribution is -0.122. The fourth-order valence-electron chi connectivity index (χ4n) is 2.90. The molecular formula is C24H18BrN3O3S. The highest BCUT2D eigenvalue weighted by atomic mass is 79.9. The highest BCUT2D eigenvalue weighted by Gasteiger charge is 2.34. The molecule has 32 heavy (non-hydrogen) atoms. The molecule has 0 bridgehead atoms. The number of thioether (sulfide) groups is 1. The SMILES string of the molecule is O=C1/C(=C/c2cc(Br)ccc2O)S/C(=N/N=C\C=C\c2ccccc2)N1Cc1ccco1. The number of halogens is 1. The second-order valence-electron chi connectivity index (χ2n) is 6.70. The van der Waals surface area contributed by atoms with Gasteiger partial charge in [-0.1, -0.05) is 52.3 Å². The normalized spacial score (nSPS) is 16.9. The Morgan fingerprint density at radius 3 is 2.75 bits per heavy atom. The molecule has 1 amide bonds. The topological polar surface area (TPSA) is 78.4 Å². The number of hydrogen-bond donors (Lipinski definition) is 1. The molecule has 1 fully saturated rings. The van der Waals surface area contributed by atoms with E-state index in [4.69, 9.17) is 4.42 Å². The van der Waals surface area contributed by atoms with Crippen LogP contribution in [0.4, 0.5) is 0 Å². The molecule has 2 heterocycles. The smallest absolute Gasteiger partial charge is 0.267 e. The summed E-state index contributed by atoms with van der Waals surface area (Å²) in [5, 5.41) is 18.9. The molecule has 1 N–H and O–H groups in total. The molecule has 0 radical (unpaired) electrons. The Hall–Kier alpha value is -3.36. The van der Waals surface area contributed by atoms with Crippen LogP contribution >= 0.6 is 27.7 Å². The number of benzene rings is 2. The van der Waals surface area contributed by atoms with E-state index in [1.54, 1.807) is 55.0 Å². The van der Waals surface area contributed by atoms with Crippen LogP contribution in [0.3, 0.4) is 0 Å². The van der Waals surface area contributed by atoms with Crippen molar-refractivity contribution < 1.29 is 14.3 Å². The summed E-state index contributed by atoms with van der Waals surface area (Å²) in [6.45, 7) is 0.231. The molecule has 1 aliphatic rings. The number of amides is 1. The fourth-order valence-corrected chi connectivity index (χ4v) is 4.21. The van der Waals surface area contributed by atoms with Crippen molar-refractivity contribution in [1.29, 1.82) is 0 Å². The van der Waals surface area contributed by atoms with E-state index in [0.717, 1.165) is 10.0 Å². The second kappa shape index (κ2) is 10.3. The first-order valence-corrected chi connectivity index (χ1v) is 11.3. The summed E-state index contributed by atoms with van der Waals surface area (Å²) >= 11 is 4.58. The van der Waals surface area contributed by atoms with E-state index in [0.29, 0.717) is 21.4 Å². The maximum atomic E-state index is 13.1. The molecule has 0 saturated carbocycles. The summed E-state index contributed by atoms with van der Waals surface area (Å²) in [4.78, 5) is 15.0. The predicted octanol–water partition coefficient (Wildman–Crippen LogP) is 5.92. The Morgan fingerprint density at radius 2 is 1.97 bits per heavy atom. The number of furan rings is 1. The lowest BCUT2D eigenvalue weighted by Crippen LogP contribution is -2.28. The van der Waals surface area contributed by atoms with E-state index in [-0.39, 0.29) is 18.2 Å². The molecule has 4 rings (SSSR count). The molecule has 0 atom stereocenters. The number of nitrogens with zero attached hydrogens (tertiary/aromatic N) is 3. The maximum absolute atomic E-state index is 13.1. The van der Waals surface area contributed by atoms with Gasteiger partial charge in [0.1, 0.15) is 11.5 Å². The van der Waals surface area contributed by atoms with Gasteiger partial charge in [0.2, 0.25) is 0 Å². The molecule has 3 aromatic rings. The van der Waals surface area contributed by atoms with E-state index in [9.17, 15) is 9.90 Å². The zero-order valence-electron chi connectivity index (χ0n) is 16.8. The highest BCUT2D eigenvalue weighted by molar-refractivity contribution is 9.10. The first-order chi connectivity index (χ1) is 15.6. The van der Waals surface area contributed by atoms with E-state index in [2.05, 4.69) is 26.1 Å². The van der Waals surface area contributed by atoms with E-state index >= 15 is 0 Å². The number of carbonyl (C=O) groups is 1. The van der Waals surface area contributed by atoms with Crippen LogP contribution < -0.4 is 0 Å². The third-order valence-corrected chi connectivity index (χ3v) is 5.93. The fraction of sp³-hybridized carbons (Fsp3) is 0.0417. The molecule has 8 heteroatoms. The minimum Gasteiger partial charge on any atom is -0.507 e. The summed E-state index contributed by atoms with van der Waals surface area (Å²) in [6, 6.07) is 18.5. The number of amidine groups is 1. The number of phenols is 1. The molecule has 2 aromatic carbocycles. The van der Waals surface area contributed by atoms with Crippen molar-refractivity contribution in [3.63, 3.8) is 0 Å². The molecule has 1 aliphatic heterocycles. The van der Waals surface area contributed by atoms with Gasteiger partial charge in [-0.3, -0.25) is 9.69 Å². The standard InChI is InChI=1S/C24H18BrN3O3S/c25-19-10-11-21(29)18(14-19)15-22-23(30)28(16-20-9-5-13-31-20)24(32-22)27-26-12-4-8-17-6-2-1-3-7-17/h1-15,29H,16H2/b8-4+,22-15-,26-12-,27-24+. The van der Waals surface area contributed by atoms with Crippen LogP contribution in [0.15, 0.2) is 97.0 Å². The van der Waals surface area contributed by atoms with Crippen LogP contribution in [0, 0.1) is 0 Å². The predicted molar refractivity (Wildman–Crippen MR) is 132 cm³/mol. The monoisotopic (exact) mass is 507 g/mol. The van der Waals surface area contributed by atoms with Gasteiger partial charge in [0.05, 0.1) is 17.7 Å². The Bertz CT molecular complexity index is 1220. The van der Waals surface area contributed by atoms with Crippen LogP contribution in [0.1, 0.15) is 16.9 Å². The van der Waals surface area contributed by atoms with Crippen molar-refractivity contribution in [3.8, 4) is 5.75 Å². The van der Waals surface area contributed by atoms with Crippen molar-refractivity contribution in [2.24, 2.45) is 10.2 Å². The minimum absolute atomic E-state index is 0.0844. The lowest BCUT2D eigenvalue weighted by Gasteiger charge is -2.12. The van der Waals surface area contributed by atoms with Gasteiger partial charge >= 0.3 is 0 Å². The summed E-state index contributed by atoms with van der Waals surface area (Å²) in [7, 11) is 0. The van der Waals surface area contributed by atoms with Crippen molar-refractivity contribution >= 4 is 57.1 Å². The van der Waals surface area contributed by atoms with Gasteiger partial charge in [-0.05, 0) is 59.8 Å². The lowest BCUT2D eigenvalue weighted by atomic mass is 10.2. The third-order valence-electron chi connectivity index (χ3n) is 4.44. The molecular weight excluding hydrogens is 490 g/mol. The van der Waals surface area contributed by atoms with Crippen LogP contribution in [-0.2, 0) is 11.3 Å². The molecule has 0 spiro atoms. The molecule has 160 valence electrons. The van der Waals surface area contributed by atoms with Crippen molar-refractivity contribution in [2.75, 3.05) is 0 Å². The average Bonchev–Trinajstić information content (AvgIpc) is 3.41. The van der Waals surface area contributed by atoms with Crippen LogP contribution in [-0.4, -0.2) is 27.3 Å². The van der Waals surface area contributed by atoms with Crippen LogP contribution in [0.25, 0.3) is 12.2 Å². The van der Waals surface area contributed by atoms with E-state index in [1.807, 2.05) is 36.4 Å². The van der Waals surface area contributed by atoms with Crippen LogP contribution in [0.5, 0.6) is 5.75 Å². The summed E-state index contributed by atoms with van der Waals surface area (Å²) in [5.41, 5.74) is 1.58. The van der Waals surface area contributed by atoms with E-state index < -0.39 is 0 Å². The van der Waals surface area contributed by atoms with Gasteiger partial charge in [0.15, 0.2) is 5.17 Å². The number of allylic oxidation sites excluding steroid dienone is 1. The Morgan fingerprint density at radius 1 is 1.12 bits per heavy atom. The van der Waals surface area contributed by atoms with Crippen molar-refractivity contribution in [1.82, 2.24) is 4.90 Å². The Kier molecular flexibility index (Phi) is 7.03. The first kappa shape index (κ1) is 21.9. The van der Waals surface area contributed by atoms with Gasteiger partial charge in [0.25, 0.3) is 5.91 Å². The zero-order chi connectivity index (χ0) is 22.3. The quantitative estimate of drug-likeness (QED) is 0.255. The molecule has 1 aromatic heterocycles. The molecule has 0 aliphatic carbocycles. The van der Waals surface area contributed by atoms with Crippen molar-refractivity contribution in [3.05, 3.63) is 99.3 Å². The van der Waals surface area contributed by atoms with Crippen molar-refractivity contribution in [2.45, 2.75) is 6.54 Å². The first-order valence-electron chi connectivity index (χ1n) is 9.65. The summed E-state index contributed by atoms with van der Waals surface area (Å²) in [5.74, 6) is 0.479. The number of aromatic hydroxyl groups is 1. The van der Waals surface area contributed by atoms with Gasteiger partial charge in [0, 0.05) is 16.3 Å². The zero-order valence-corrected chi connectivity index (χ0v) is 19.2. The molecule has 0 unspecified atom stereocenters. The third kappa shape index (κ3) is 5.46. The largest absolute Gasteiger partial charge is 0.507 e. The summed E-state index contributed by atoms with van der Waals surface area (Å²) < 4.78 is 6.20. The number of carbonyl (C=O) groups excluding carboxylic acids is 1. The molecule has 1 saturated heterocycles. The van der Waals surface area contributed by atoms with E-state index in [1.165, 1.54) is 16.7 Å². The van der Waals surface area contributed by atoms with Crippen LogP contribution in [0.2, 0.25) is 0 Å². The highest BCUT2D eigenvalue weighted by Crippen LogP contribution is 2.35. The van der Waals surface area contributed by atoms with Gasteiger partial charge in [-0.15, -0.1) is 5.10 Å². The van der Waals surface area contributed by atoms with Gasteiger partial charge < -0.3 is 9.52 Å². The Labute approximate surface area is 197 Å². The number of rotatable bonds is 6. The maximum Gasteiger partial charge on any atom is 0.267 e. The Balaban J connectivity index is 1.58. The second-order valence-corrected chi connectivity index (χ2v) is 8.63. The molecule has 6 nitrogen and oxygen atoms in total. The van der Waals surface area contributed by atoms with Gasteiger partial charge in [-0.25, -0.2) is 0 Å². The summed E-state index contributed by atoms with van der Waals surface area (Å²) in [6.07, 6.45) is 8.47. The average molecular weight is 508 g/mol. The number of phenolic OH excluding ortho intramolecular Hbond substituents is 1. The number of hydrogen-bond acceptors (Lipinski definition) is 6. The van der Waals surface area contributed by atoms with Gasteiger partial charge in [-0.2, -0.15) is 5.10 Å².